The highest BCUT2D eigenvalue weighted by Crippen LogP contribution is 2.24. The van der Waals surface area contributed by atoms with E-state index in [2.05, 4.69) is 16.1 Å². The van der Waals surface area contributed by atoms with Crippen molar-refractivity contribution in [3.63, 3.8) is 0 Å². The van der Waals surface area contributed by atoms with Gasteiger partial charge in [-0.2, -0.15) is 0 Å². The Balaban J connectivity index is 1.60. The van der Waals surface area contributed by atoms with E-state index in [1.165, 1.54) is 5.01 Å². The largest absolute Gasteiger partial charge is 0.488 e. The number of likely N-dealkylation sites (N-methyl/N-ethyl adjacent to an activating group) is 1. The lowest BCUT2D eigenvalue weighted by Gasteiger charge is -2.37. The number of nitrogens with one attached hydrogen (secondary N) is 3. The molecule has 0 fully saturated rings. The summed E-state index contributed by atoms with van der Waals surface area (Å²) in [5.74, 6) is -0.0332. The number of carbonyl (C=O) groups excluding carboxylic acids is 3. The maximum absolute atomic E-state index is 14.9. The molecular weight excluding hydrogens is 670 g/mol. The number of ether oxygens (including phenoxy) is 3. The van der Waals surface area contributed by atoms with E-state index in [4.69, 9.17) is 14.2 Å². The molecule has 0 bridgehead atoms. The molecular formula is C42H55N5O6. The van der Waals surface area contributed by atoms with Crippen LogP contribution in [-0.2, 0) is 38.6 Å². The van der Waals surface area contributed by atoms with E-state index >= 15 is 0 Å². The summed E-state index contributed by atoms with van der Waals surface area (Å²) in [5.41, 5.74) is 5.03. The van der Waals surface area contributed by atoms with E-state index in [1.807, 2.05) is 139 Å². The minimum absolute atomic E-state index is 0.194. The first-order valence-electron chi connectivity index (χ1n) is 18.2. The molecule has 2 atom stereocenters. The van der Waals surface area contributed by atoms with Gasteiger partial charge in [-0.05, 0) is 81.1 Å². The quantitative estimate of drug-likeness (QED) is 0.0825. The number of amides is 4. The molecule has 284 valence electrons. The zero-order valence-corrected chi connectivity index (χ0v) is 32.1. The van der Waals surface area contributed by atoms with Crippen LogP contribution in [0.2, 0.25) is 0 Å². The molecule has 0 aromatic heterocycles. The second-order valence-electron chi connectivity index (χ2n) is 13.9. The molecule has 0 radical (unpaired) electrons. The van der Waals surface area contributed by atoms with E-state index in [-0.39, 0.29) is 31.0 Å². The Kier molecular flexibility index (Phi) is 15.2. The number of hydrazine groups is 1. The number of benzene rings is 4. The van der Waals surface area contributed by atoms with Crippen LogP contribution in [0.1, 0.15) is 58.2 Å². The lowest BCUT2D eigenvalue weighted by Crippen LogP contribution is -2.56. The first-order chi connectivity index (χ1) is 25.4. The van der Waals surface area contributed by atoms with Crippen molar-refractivity contribution in [3.05, 3.63) is 114 Å². The van der Waals surface area contributed by atoms with Crippen molar-refractivity contribution in [2.45, 2.75) is 85.0 Å². The van der Waals surface area contributed by atoms with Gasteiger partial charge in [0, 0.05) is 39.8 Å². The predicted molar refractivity (Wildman–Crippen MR) is 208 cm³/mol. The Morgan fingerprint density at radius 3 is 2.09 bits per heavy atom. The van der Waals surface area contributed by atoms with Gasteiger partial charge in [-0.25, -0.2) is 9.80 Å². The summed E-state index contributed by atoms with van der Waals surface area (Å²) in [5, 5.41) is 9.24. The summed E-state index contributed by atoms with van der Waals surface area (Å²) in [7, 11) is 1.59. The zero-order chi connectivity index (χ0) is 38.4. The molecule has 4 aromatic rings. The molecule has 4 rings (SSSR count). The lowest BCUT2D eigenvalue weighted by molar-refractivity contribution is -0.179. The second-order valence-corrected chi connectivity index (χ2v) is 13.9. The minimum Gasteiger partial charge on any atom is -0.488 e. The Hall–Kier alpha value is -4.97. The Morgan fingerprint density at radius 1 is 0.792 bits per heavy atom. The summed E-state index contributed by atoms with van der Waals surface area (Å²) in [4.78, 5) is 42.9. The van der Waals surface area contributed by atoms with E-state index in [1.54, 1.807) is 11.9 Å². The van der Waals surface area contributed by atoms with Crippen LogP contribution >= 0.6 is 0 Å². The van der Waals surface area contributed by atoms with Crippen LogP contribution in [0.25, 0.3) is 10.8 Å². The van der Waals surface area contributed by atoms with Crippen molar-refractivity contribution >= 4 is 28.6 Å². The first-order valence-corrected chi connectivity index (χ1v) is 18.2. The van der Waals surface area contributed by atoms with E-state index in [9.17, 15) is 14.4 Å². The number of hydrogen-bond donors (Lipinski definition) is 3. The Morgan fingerprint density at radius 2 is 1.43 bits per heavy atom. The highest BCUT2D eigenvalue weighted by atomic mass is 16.7. The molecule has 0 aliphatic heterocycles. The number of fused-ring (bicyclic) bond motifs is 1. The number of nitrogens with zero attached hydrogens (tertiary/aromatic N) is 2. The standard InChI is InChI=1S/C42H55N5O6/c1-8-51-40(52-9-2)30(3)47(28-34-20-15-19-33-18-13-14-21-36(33)34)39(49)37(26-31-22-24-35(25-23-31)53-42(4,5)6)44-38(48)29-46(7)45-41(50)43-27-32-16-11-10-12-17-32/h10-25,30,37,40H,8-9,26-29H2,1-7H3,(H,44,48)(H2,43,45,50)/t30-,37-/m0/s1. The average molecular weight is 726 g/mol. The van der Waals surface area contributed by atoms with E-state index < -0.39 is 30.3 Å². The highest BCUT2D eigenvalue weighted by molar-refractivity contribution is 5.90. The van der Waals surface area contributed by atoms with Gasteiger partial charge in [0.05, 0.1) is 12.6 Å². The number of hydrogen-bond acceptors (Lipinski definition) is 7. The summed E-state index contributed by atoms with van der Waals surface area (Å²) in [6.07, 6.45) is -0.485. The molecule has 0 aliphatic carbocycles. The van der Waals surface area contributed by atoms with E-state index in [0.717, 1.165) is 27.5 Å². The van der Waals surface area contributed by atoms with Gasteiger partial charge in [-0.15, -0.1) is 0 Å². The minimum atomic E-state index is -0.960. The van der Waals surface area contributed by atoms with Crippen molar-refractivity contribution < 1.29 is 28.6 Å². The lowest BCUT2D eigenvalue weighted by atomic mass is 10.0. The third-order valence-corrected chi connectivity index (χ3v) is 8.44. The van der Waals surface area contributed by atoms with Gasteiger partial charge in [0.2, 0.25) is 11.8 Å². The normalized spacial score (nSPS) is 12.7. The van der Waals surface area contributed by atoms with Crippen molar-refractivity contribution in [2.75, 3.05) is 26.8 Å². The van der Waals surface area contributed by atoms with Crippen LogP contribution in [0, 0.1) is 0 Å². The van der Waals surface area contributed by atoms with Crippen molar-refractivity contribution in [1.29, 1.82) is 0 Å². The Bertz CT molecular complexity index is 1750. The summed E-state index contributed by atoms with van der Waals surface area (Å²) in [6.45, 7) is 12.8. The van der Waals surface area contributed by atoms with E-state index in [0.29, 0.717) is 25.5 Å². The molecule has 0 saturated heterocycles. The van der Waals surface area contributed by atoms with Gasteiger partial charge in [-0.1, -0.05) is 84.9 Å². The highest BCUT2D eigenvalue weighted by Gasteiger charge is 2.34. The van der Waals surface area contributed by atoms with Crippen molar-refractivity contribution in [1.82, 2.24) is 26.0 Å². The number of rotatable bonds is 18. The Labute approximate surface area is 313 Å². The van der Waals surface area contributed by atoms with Gasteiger partial charge in [-0.3, -0.25) is 15.0 Å². The summed E-state index contributed by atoms with van der Waals surface area (Å²) >= 11 is 0. The molecule has 11 nitrogen and oxygen atoms in total. The van der Waals surface area contributed by atoms with Gasteiger partial charge < -0.3 is 29.7 Å². The molecule has 4 aromatic carbocycles. The monoisotopic (exact) mass is 725 g/mol. The molecule has 53 heavy (non-hydrogen) atoms. The van der Waals surface area contributed by atoms with Crippen LogP contribution in [0.4, 0.5) is 4.79 Å². The maximum atomic E-state index is 14.9. The first kappa shape index (κ1) is 40.8. The SMILES string of the molecule is CCOC(OCC)[C@H](C)N(Cc1cccc2ccccc12)C(=O)[C@H](Cc1ccc(OC(C)(C)C)cc1)NC(=O)CN(C)NC(=O)NCc1ccccc1. The molecule has 0 unspecified atom stereocenters. The fourth-order valence-electron chi connectivity index (χ4n) is 6.01. The third-order valence-electron chi connectivity index (χ3n) is 8.44. The molecule has 4 amide bonds. The van der Waals surface area contributed by atoms with Crippen molar-refractivity contribution in [3.8, 4) is 5.75 Å². The molecule has 0 spiro atoms. The van der Waals surface area contributed by atoms with Gasteiger partial charge in [0.1, 0.15) is 17.4 Å². The summed E-state index contributed by atoms with van der Waals surface area (Å²) in [6, 6.07) is 29.2. The van der Waals surface area contributed by atoms with Crippen LogP contribution in [0.5, 0.6) is 5.75 Å². The summed E-state index contributed by atoms with van der Waals surface area (Å²) < 4.78 is 18.0. The zero-order valence-electron chi connectivity index (χ0n) is 32.1. The van der Waals surface area contributed by atoms with Crippen LogP contribution in [-0.4, -0.2) is 78.5 Å². The van der Waals surface area contributed by atoms with Crippen molar-refractivity contribution in [2.24, 2.45) is 0 Å². The van der Waals surface area contributed by atoms with Gasteiger partial charge >= 0.3 is 6.03 Å². The average Bonchev–Trinajstić information content (AvgIpc) is 3.12. The van der Waals surface area contributed by atoms with Gasteiger partial charge in [0.15, 0.2) is 6.29 Å². The van der Waals surface area contributed by atoms with Crippen LogP contribution < -0.4 is 20.8 Å². The van der Waals surface area contributed by atoms with Gasteiger partial charge in [0.25, 0.3) is 0 Å². The van der Waals surface area contributed by atoms with Crippen LogP contribution in [0.3, 0.4) is 0 Å². The molecule has 0 saturated carbocycles. The molecule has 3 N–H and O–H groups in total. The molecule has 0 aliphatic rings. The predicted octanol–water partition coefficient (Wildman–Crippen LogP) is 6.21. The molecule has 0 heterocycles. The number of carbonyl (C=O) groups is 3. The topological polar surface area (TPSA) is 121 Å². The smallest absolute Gasteiger partial charge is 0.329 e. The molecule has 11 heteroatoms. The van der Waals surface area contributed by atoms with Crippen LogP contribution in [0.15, 0.2) is 97.1 Å². The fourth-order valence-corrected chi connectivity index (χ4v) is 6.01. The fraction of sp³-hybridized carbons (Fsp3) is 0.405. The number of urea groups is 1. The second kappa shape index (κ2) is 19.8. The third kappa shape index (κ3) is 12.9. The maximum Gasteiger partial charge on any atom is 0.329 e.